The topological polar surface area (TPSA) is 29.9 Å². The highest BCUT2D eigenvalue weighted by Gasteiger charge is 2.23. The maximum atomic E-state index is 4.44. The molecule has 1 aliphatic carbocycles. The summed E-state index contributed by atoms with van der Waals surface area (Å²) in [5, 5.41) is 7.79. The average molecular weight is 272 g/mol. The van der Waals surface area contributed by atoms with E-state index in [1.54, 1.807) is 0 Å². The third-order valence-corrected chi connectivity index (χ3v) is 4.34. The van der Waals surface area contributed by atoms with E-state index in [0.717, 1.165) is 4.60 Å². The number of rotatable bonds is 2. The van der Waals surface area contributed by atoms with Crippen molar-refractivity contribution in [2.75, 3.05) is 7.05 Å². The first-order valence-electron chi connectivity index (χ1n) is 5.59. The summed E-state index contributed by atoms with van der Waals surface area (Å²) in [7, 11) is 2.05. The first kappa shape index (κ1) is 11.1. The van der Waals surface area contributed by atoms with E-state index < -0.39 is 0 Å². The lowest BCUT2D eigenvalue weighted by molar-refractivity contribution is 0.281. The number of halogens is 1. The molecule has 0 unspecified atom stereocenters. The Morgan fingerprint density at radius 2 is 2.07 bits per heavy atom. The Bertz CT molecular complexity index is 327. The van der Waals surface area contributed by atoms with E-state index >= 15 is 0 Å². The van der Waals surface area contributed by atoms with Crippen LogP contribution in [0.4, 0.5) is 0 Å². The van der Waals surface area contributed by atoms with Crippen LogP contribution >= 0.6 is 15.9 Å². The van der Waals surface area contributed by atoms with Crippen LogP contribution in [-0.2, 0) is 0 Å². The Labute approximate surface area is 99.4 Å². The van der Waals surface area contributed by atoms with Crippen molar-refractivity contribution < 1.29 is 0 Å². The molecular weight excluding hydrogens is 254 g/mol. The molecule has 1 heterocycles. The zero-order chi connectivity index (χ0) is 10.8. The van der Waals surface area contributed by atoms with E-state index in [0.29, 0.717) is 12.1 Å². The molecule has 0 amide bonds. The smallest absolute Gasteiger partial charge is 0.107 e. The van der Waals surface area contributed by atoms with Gasteiger partial charge in [-0.25, -0.2) is 0 Å². The van der Waals surface area contributed by atoms with Gasteiger partial charge in [-0.3, -0.25) is 4.68 Å². The van der Waals surface area contributed by atoms with Gasteiger partial charge in [0.05, 0.1) is 12.2 Å². The molecule has 0 radical (unpaired) electrons. The van der Waals surface area contributed by atoms with Crippen LogP contribution in [0.2, 0.25) is 0 Å². The van der Waals surface area contributed by atoms with Crippen molar-refractivity contribution in [1.29, 1.82) is 0 Å². The maximum Gasteiger partial charge on any atom is 0.107 e. The molecule has 1 aliphatic rings. The van der Waals surface area contributed by atoms with Gasteiger partial charge in [0.15, 0.2) is 0 Å². The van der Waals surface area contributed by atoms with Crippen LogP contribution in [0.3, 0.4) is 0 Å². The summed E-state index contributed by atoms with van der Waals surface area (Å²) in [5.74, 6) is 0. The normalized spacial score (nSPS) is 26.9. The second-order valence-corrected chi connectivity index (χ2v) is 5.11. The maximum absolute atomic E-state index is 4.44. The van der Waals surface area contributed by atoms with Gasteiger partial charge in [0.1, 0.15) is 4.60 Å². The zero-order valence-electron chi connectivity index (χ0n) is 9.33. The van der Waals surface area contributed by atoms with Gasteiger partial charge in [-0.2, -0.15) is 5.10 Å². The summed E-state index contributed by atoms with van der Waals surface area (Å²) in [6.07, 6.45) is 6.91. The molecule has 1 fully saturated rings. The largest absolute Gasteiger partial charge is 0.317 e. The third kappa shape index (κ3) is 2.26. The summed E-state index contributed by atoms with van der Waals surface area (Å²) in [5.41, 5.74) is 1.23. The summed E-state index contributed by atoms with van der Waals surface area (Å²) < 4.78 is 3.29. The second kappa shape index (κ2) is 4.66. The molecule has 2 rings (SSSR count). The van der Waals surface area contributed by atoms with E-state index in [-0.39, 0.29) is 0 Å². The van der Waals surface area contributed by atoms with Crippen molar-refractivity contribution in [3.05, 3.63) is 16.4 Å². The highest BCUT2D eigenvalue weighted by molar-refractivity contribution is 9.10. The van der Waals surface area contributed by atoms with Gasteiger partial charge in [0, 0.05) is 11.6 Å². The van der Waals surface area contributed by atoms with Gasteiger partial charge in [-0.1, -0.05) is 0 Å². The summed E-state index contributed by atoms with van der Waals surface area (Å²) in [4.78, 5) is 0. The van der Waals surface area contributed by atoms with Crippen LogP contribution in [0.5, 0.6) is 0 Å². The molecule has 0 spiro atoms. The molecule has 1 aromatic heterocycles. The molecule has 0 aromatic carbocycles. The zero-order valence-corrected chi connectivity index (χ0v) is 10.9. The standard InChI is InChI=1S/C11H18BrN3/c1-8-7-14-15(11(8)12)10-5-3-9(13-2)4-6-10/h7,9-10,13H,3-6H2,1-2H3. The highest BCUT2D eigenvalue weighted by Crippen LogP contribution is 2.31. The summed E-state index contributed by atoms with van der Waals surface area (Å²) in [6, 6.07) is 1.29. The van der Waals surface area contributed by atoms with Gasteiger partial charge < -0.3 is 5.32 Å². The lowest BCUT2D eigenvalue weighted by atomic mass is 9.91. The van der Waals surface area contributed by atoms with Gasteiger partial charge in [0.25, 0.3) is 0 Å². The predicted octanol–water partition coefficient (Wildman–Crippen LogP) is 2.66. The lowest BCUT2D eigenvalue weighted by Gasteiger charge is -2.28. The van der Waals surface area contributed by atoms with E-state index in [4.69, 9.17) is 0 Å². The molecular formula is C11H18BrN3. The molecule has 84 valence electrons. The highest BCUT2D eigenvalue weighted by atomic mass is 79.9. The Kier molecular flexibility index (Phi) is 3.46. The minimum atomic E-state index is 0.581. The number of aromatic nitrogens is 2. The predicted molar refractivity (Wildman–Crippen MR) is 65.0 cm³/mol. The van der Waals surface area contributed by atoms with E-state index in [2.05, 4.69) is 45.0 Å². The van der Waals surface area contributed by atoms with E-state index in [1.165, 1.54) is 31.2 Å². The van der Waals surface area contributed by atoms with Gasteiger partial charge >= 0.3 is 0 Å². The van der Waals surface area contributed by atoms with Crippen molar-refractivity contribution in [1.82, 2.24) is 15.1 Å². The first-order chi connectivity index (χ1) is 7.22. The summed E-state index contributed by atoms with van der Waals surface area (Å²) in [6.45, 7) is 2.09. The molecule has 4 heteroatoms. The van der Waals surface area contributed by atoms with Crippen LogP contribution in [-0.4, -0.2) is 22.9 Å². The Morgan fingerprint density at radius 1 is 1.40 bits per heavy atom. The van der Waals surface area contributed by atoms with Gasteiger partial charge in [0.2, 0.25) is 0 Å². The minimum Gasteiger partial charge on any atom is -0.317 e. The molecule has 0 bridgehead atoms. The Balaban J connectivity index is 2.04. The lowest BCUT2D eigenvalue weighted by Crippen LogP contribution is -2.31. The van der Waals surface area contributed by atoms with Crippen LogP contribution in [0.15, 0.2) is 10.8 Å². The van der Waals surface area contributed by atoms with Crippen molar-refractivity contribution in [2.24, 2.45) is 0 Å². The molecule has 15 heavy (non-hydrogen) atoms. The van der Waals surface area contributed by atoms with Crippen LogP contribution in [0.25, 0.3) is 0 Å². The molecule has 1 aromatic rings. The second-order valence-electron chi connectivity index (χ2n) is 4.36. The monoisotopic (exact) mass is 271 g/mol. The fourth-order valence-corrected chi connectivity index (χ4v) is 2.78. The summed E-state index contributed by atoms with van der Waals surface area (Å²) >= 11 is 3.60. The molecule has 0 aliphatic heterocycles. The number of hydrogen-bond acceptors (Lipinski definition) is 2. The average Bonchev–Trinajstić information content (AvgIpc) is 2.60. The third-order valence-electron chi connectivity index (χ3n) is 3.35. The van der Waals surface area contributed by atoms with Crippen LogP contribution in [0, 0.1) is 6.92 Å². The fraction of sp³-hybridized carbons (Fsp3) is 0.727. The fourth-order valence-electron chi connectivity index (χ4n) is 2.30. The van der Waals surface area contributed by atoms with Gasteiger partial charge in [-0.15, -0.1) is 0 Å². The Hall–Kier alpha value is -0.350. The number of nitrogens with zero attached hydrogens (tertiary/aromatic N) is 2. The van der Waals surface area contributed by atoms with Crippen molar-refractivity contribution in [3.63, 3.8) is 0 Å². The van der Waals surface area contributed by atoms with Gasteiger partial charge in [-0.05, 0) is 55.6 Å². The molecule has 0 atom stereocenters. The van der Waals surface area contributed by atoms with E-state index in [1.807, 2.05) is 6.20 Å². The first-order valence-corrected chi connectivity index (χ1v) is 6.38. The Morgan fingerprint density at radius 3 is 2.53 bits per heavy atom. The minimum absolute atomic E-state index is 0.581. The number of hydrogen-bond donors (Lipinski definition) is 1. The molecule has 1 saturated carbocycles. The van der Waals surface area contributed by atoms with Crippen LogP contribution in [0.1, 0.15) is 37.3 Å². The quantitative estimate of drug-likeness (QED) is 0.897. The number of nitrogens with one attached hydrogen (secondary N) is 1. The van der Waals surface area contributed by atoms with Crippen molar-refractivity contribution in [2.45, 2.75) is 44.7 Å². The van der Waals surface area contributed by atoms with E-state index in [9.17, 15) is 0 Å². The SMILES string of the molecule is CNC1CCC(n2ncc(C)c2Br)CC1. The molecule has 3 nitrogen and oxygen atoms in total. The van der Waals surface area contributed by atoms with Crippen molar-refractivity contribution in [3.8, 4) is 0 Å². The molecule has 0 saturated heterocycles. The number of aryl methyl sites for hydroxylation is 1. The van der Waals surface area contributed by atoms with Crippen molar-refractivity contribution >= 4 is 15.9 Å². The van der Waals surface area contributed by atoms with Crippen LogP contribution < -0.4 is 5.32 Å². The molecule has 1 N–H and O–H groups in total.